The summed E-state index contributed by atoms with van der Waals surface area (Å²) in [4.78, 5) is 4.31. The summed E-state index contributed by atoms with van der Waals surface area (Å²) in [5.74, 6) is 2.17. The Hall–Kier alpha value is -2.50. The molecule has 1 aromatic heterocycles. The Balaban J connectivity index is 1.95. The predicted molar refractivity (Wildman–Crippen MR) is 106 cm³/mol. The molecule has 0 unspecified atom stereocenters. The van der Waals surface area contributed by atoms with Crippen molar-refractivity contribution in [3.63, 3.8) is 0 Å². The van der Waals surface area contributed by atoms with Crippen LogP contribution in [-0.2, 0) is 20.1 Å². The summed E-state index contributed by atoms with van der Waals surface area (Å²) in [6.45, 7) is 10.5. The SMILES string of the molecule is CN=C(NCc1ccccc1OCC(C)C)NCc1c(C)nn(C)c1C. The van der Waals surface area contributed by atoms with Gasteiger partial charge in [-0.25, -0.2) is 0 Å². The topological polar surface area (TPSA) is 63.5 Å². The smallest absolute Gasteiger partial charge is 0.191 e. The second-order valence-electron chi connectivity index (χ2n) is 6.86. The number of benzene rings is 1. The van der Waals surface area contributed by atoms with Crippen LogP contribution in [0.2, 0.25) is 0 Å². The molecule has 0 aliphatic rings. The number of hydrogen-bond donors (Lipinski definition) is 2. The summed E-state index contributed by atoms with van der Waals surface area (Å²) in [5.41, 5.74) is 4.53. The third-order valence-corrected chi connectivity index (χ3v) is 4.31. The van der Waals surface area contributed by atoms with Crippen LogP contribution in [0.5, 0.6) is 5.75 Å². The van der Waals surface area contributed by atoms with Gasteiger partial charge in [0.05, 0.1) is 12.3 Å². The van der Waals surface area contributed by atoms with E-state index in [-0.39, 0.29) is 0 Å². The normalized spacial score (nSPS) is 11.7. The van der Waals surface area contributed by atoms with Crippen molar-refractivity contribution in [2.75, 3.05) is 13.7 Å². The third-order valence-electron chi connectivity index (χ3n) is 4.31. The van der Waals surface area contributed by atoms with Gasteiger partial charge in [0.25, 0.3) is 0 Å². The van der Waals surface area contributed by atoms with E-state index in [9.17, 15) is 0 Å². The van der Waals surface area contributed by atoms with Gasteiger partial charge in [0.1, 0.15) is 5.75 Å². The van der Waals surface area contributed by atoms with Crippen LogP contribution >= 0.6 is 0 Å². The van der Waals surface area contributed by atoms with Crippen LogP contribution in [0, 0.1) is 19.8 Å². The Morgan fingerprint density at radius 1 is 1.19 bits per heavy atom. The summed E-state index contributed by atoms with van der Waals surface area (Å²) in [7, 11) is 3.74. The molecule has 0 spiro atoms. The van der Waals surface area contributed by atoms with Gasteiger partial charge in [-0.2, -0.15) is 5.10 Å². The Kier molecular flexibility index (Phi) is 7.06. The first-order valence-electron chi connectivity index (χ1n) is 9.06. The third kappa shape index (κ3) is 5.25. The minimum Gasteiger partial charge on any atom is -0.493 e. The molecule has 6 nitrogen and oxygen atoms in total. The van der Waals surface area contributed by atoms with Gasteiger partial charge in [0, 0.05) is 44.0 Å². The van der Waals surface area contributed by atoms with Gasteiger partial charge in [-0.1, -0.05) is 32.0 Å². The van der Waals surface area contributed by atoms with E-state index < -0.39 is 0 Å². The minimum atomic E-state index is 0.497. The second-order valence-corrected chi connectivity index (χ2v) is 6.86. The summed E-state index contributed by atoms with van der Waals surface area (Å²) in [6.07, 6.45) is 0. The number of aromatic nitrogens is 2. The first kappa shape index (κ1) is 19.8. The van der Waals surface area contributed by atoms with Crippen molar-refractivity contribution in [1.29, 1.82) is 0 Å². The molecule has 26 heavy (non-hydrogen) atoms. The van der Waals surface area contributed by atoms with Crippen molar-refractivity contribution in [3.05, 3.63) is 46.8 Å². The van der Waals surface area contributed by atoms with E-state index in [1.54, 1.807) is 7.05 Å². The van der Waals surface area contributed by atoms with Gasteiger partial charge >= 0.3 is 0 Å². The number of aryl methyl sites for hydroxylation is 2. The highest BCUT2D eigenvalue weighted by atomic mass is 16.5. The van der Waals surface area contributed by atoms with Crippen LogP contribution < -0.4 is 15.4 Å². The van der Waals surface area contributed by atoms with Crippen LogP contribution in [-0.4, -0.2) is 29.4 Å². The van der Waals surface area contributed by atoms with Gasteiger partial charge in [-0.05, 0) is 25.8 Å². The predicted octanol–water partition coefficient (Wildman–Crippen LogP) is 2.94. The zero-order valence-corrected chi connectivity index (χ0v) is 16.8. The average molecular weight is 358 g/mol. The molecule has 6 heteroatoms. The molecule has 1 aromatic carbocycles. The highest BCUT2D eigenvalue weighted by molar-refractivity contribution is 5.79. The lowest BCUT2D eigenvalue weighted by molar-refractivity contribution is 0.268. The monoisotopic (exact) mass is 357 g/mol. The van der Waals surface area contributed by atoms with Crippen LogP contribution in [0.3, 0.4) is 0 Å². The summed E-state index contributed by atoms with van der Waals surface area (Å²) < 4.78 is 7.82. The van der Waals surface area contributed by atoms with Gasteiger partial charge in [-0.3, -0.25) is 9.67 Å². The first-order valence-corrected chi connectivity index (χ1v) is 9.06. The van der Waals surface area contributed by atoms with E-state index in [4.69, 9.17) is 4.74 Å². The zero-order valence-electron chi connectivity index (χ0n) is 16.8. The van der Waals surface area contributed by atoms with Crippen molar-refractivity contribution in [1.82, 2.24) is 20.4 Å². The number of hydrogen-bond acceptors (Lipinski definition) is 3. The van der Waals surface area contributed by atoms with E-state index >= 15 is 0 Å². The van der Waals surface area contributed by atoms with Crippen molar-refractivity contribution in [3.8, 4) is 5.75 Å². The van der Waals surface area contributed by atoms with Gasteiger partial charge in [0.15, 0.2) is 5.96 Å². The van der Waals surface area contributed by atoms with E-state index in [1.165, 1.54) is 5.56 Å². The molecule has 2 N–H and O–H groups in total. The Morgan fingerprint density at radius 3 is 2.50 bits per heavy atom. The van der Waals surface area contributed by atoms with E-state index in [2.05, 4.69) is 47.6 Å². The molecule has 1 heterocycles. The number of aliphatic imine (C=N–C) groups is 1. The molecule has 0 atom stereocenters. The largest absolute Gasteiger partial charge is 0.493 e. The Morgan fingerprint density at radius 2 is 1.88 bits per heavy atom. The molecule has 0 amide bonds. The maximum Gasteiger partial charge on any atom is 0.191 e. The fourth-order valence-corrected chi connectivity index (χ4v) is 2.69. The standard InChI is InChI=1S/C20H31N5O/c1-14(2)13-26-19-10-8-7-9-17(19)11-22-20(21-5)23-12-18-15(3)24-25(6)16(18)4/h7-10,14H,11-13H2,1-6H3,(H2,21,22,23). The molecule has 0 bridgehead atoms. The number of guanidine groups is 1. The molecule has 0 saturated carbocycles. The van der Waals surface area contributed by atoms with Gasteiger partial charge in [-0.15, -0.1) is 0 Å². The molecule has 142 valence electrons. The summed E-state index contributed by atoms with van der Waals surface area (Å²) in [6, 6.07) is 8.11. The van der Waals surface area contributed by atoms with Gasteiger partial charge < -0.3 is 15.4 Å². The van der Waals surface area contributed by atoms with Gasteiger partial charge in [0.2, 0.25) is 0 Å². The number of ether oxygens (including phenoxy) is 1. The highest BCUT2D eigenvalue weighted by Crippen LogP contribution is 2.18. The Labute approximate surface area is 156 Å². The molecular weight excluding hydrogens is 326 g/mol. The Bertz CT molecular complexity index is 749. The number of rotatable bonds is 7. The fraction of sp³-hybridized carbons (Fsp3) is 0.500. The van der Waals surface area contributed by atoms with E-state index in [1.807, 2.05) is 36.9 Å². The highest BCUT2D eigenvalue weighted by Gasteiger charge is 2.10. The van der Waals surface area contributed by atoms with Crippen LogP contribution in [0.4, 0.5) is 0 Å². The first-order chi connectivity index (χ1) is 12.4. The fourth-order valence-electron chi connectivity index (χ4n) is 2.69. The van der Waals surface area contributed by atoms with Crippen LogP contribution in [0.15, 0.2) is 29.3 Å². The number of nitrogens with zero attached hydrogens (tertiary/aromatic N) is 3. The van der Waals surface area contributed by atoms with Crippen molar-refractivity contribution >= 4 is 5.96 Å². The van der Waals surface area contributed by atoms with Crippen molar-refractivity contribution in [2.24, 2.45) is 18.0 Å². The van der Waals surface area contributed by atoms with E-state index in [0.29, 0.717) is 25.6 Å². The maximum atomic E-state index is 5.92. The summed E-state index contributed by atoms with van der Waals surface area (Å²) >= 11 is 0. The summed E-state index contributed by atoms with van der Waals surface area (Å²) in [5, 5.41) is 11.2. The minimum absolute atomic E-state index is 0.497. The zero-order chi connectivity index (χ0) is 19.1. The number of nitrogens with one attached hydrogen (secondary N) is 2. The maximum absolute atomic E-state index is 5.92. The molecule has 2 aromatic rings. The quantitative estimate of drug-likeness (QED) is 0.591. The number of para-hydroxylation sites is 1. The van der Waals surface area contributed by atoms with Crippen molar-refractivity contribution < 1.29 is 4.74 Å². The second kappa shape index (κ2) is 9.27. The average Bonchev–Trinajstić information content (AvgIpc) is 2.86. The molecule has 0 aliphatic carbocycles. The van der Waals surface area contributed by atoms with Crippen molar-refractivity contribution in [2.45, 2.75) is 40.8 Å². The van der Waals surface area contributed by atoms with E-state index in [0.717, 1.165) is 28.7 Å². The molecule has 0 saturated heterocycles. The lowest BCUT2D eigenvalue weighted by Gasteiger charge is -2.16. The van der Waals surface area contributed by atoms with Crippen LogP contribution in [0.25, 0.3) is 0 Å². The molecule has 2 rings (SSSR count). The lowest BCUT2D eigenvalue weighted by atomic mass is 10.2. The van der Waals surface area contributed by atoms with Crippen LogP contribution in [0.1, 0.15) is 36.4 Å². The molecule has 0 fully saturated rings. The molecular formula is C20H31N5O. The molecule has 0 radical (unpaired) electrons. The molecule has 0 aliphatic heterocycles. The lowest BCUT2D eigenvalue weighted by Crippen LogP contribution is -2.36.